The molecule has 0 saturated carbocycles. The van der Waals surface area contributed by atoms with Gasteiger partial charge in [0.1, 0.15) is 0 Å². The number of hydrogen-bond acceptors (Lipinski definition) is 6. The van der Waals surface area contributed by atoms with Crippen molar-refractivity contribution in [3.63, 3.8) is 0 Å². The molecule has 6 nitrogen and oxygen atoms in total. The second-order valence-corrected chi connectivity index (χ2v) is 6.53. The Hall–Kier alpha value is -2.51. The van der Waals surface area contributed by atoms with Crippen LogP contribution in [0.2, 0.25) is 5.02 Å². The van der Waals surface area contributed by atoms with Crippen molar-refractivity contribution in [2.45, 2.75) is 6.42 Å². The number of nitro benzene ring substituents is 1. The Morgan fingerprint density at radius 2 is 2.17 bits per heavy atom. The molecule has 0 fully saturated rings. The molecule has 2 aromatic carbocycles. The molecule has 1 N–H and O–H groups in total. The molecule has 122 valence electrons. The number of benzene rings is 2. The number of halogens is 1. The van der Waals surface area contributed by atoms with E-state index in [4.69, 9.17) is 11.6 Å². The lowest BCUT2D eigenvalue weighted by Crippen LogP contribution is -1.94. The van der Waals surface area contributed by atoms with Gasteiger partial charge >= 0.3 is 5.69 Å². The molecule has 0 aliphatic rings. The molecule has 3 rings (SSSR count). The van der Waals surface area contributed by atoms with Gasteiger partial charge in [-0.15, -0.1) is 11.3 Å². The second-order valence-electron chi connectivity index (χ2n) is 4.98. The lowest BCUT2D eigenvalue weighted by Gasteiger charge is -2.01. The van der Waals surface area contributed by atoms with E-state index in [1.807, 2.05) is 24.3 Å². The highest BCUT2D eigenvalue weighted by molar-refractivity contribution is 7.18. The first kappa shape index (κ1) is 16.4. The van der Waals surface area contributed by atoms with Gasteiger partial charge in [-0.05, 0) is 18.2 Å². The van der Waals surface area contributed by atoms with Crippen molar-refractivity contribution in [1.82, 2.24) is 4.98 Å². The molecule has 1 heterocycles. The fourth-order valence-electron chi connectivity index (χ4n) is 2.19. The van der Waals surface area contributed by atoms with E-state index < -0.39 is 16.4 Å². The average Bonchev–Trinajstić information content (AvgIpc) is 2.96. The van der Waals surface area contributed by atoms with E-state index in [9.17, 15) is 15.2 Å². The number of hydrogen-bond donors (Lipinski definition) is 1. The Morgan fingerprint density at radius 3 is 2.92 bits per heavy atom. The maximum Gasteiger partial charge on any atom is 0.312 e. The second kappa shape index (κ2) is 6.94. The SMILES string of the molecule is O=[N+]([O-])c1cc(Cl)cc(C=NCCc2nc3ccccc3s2)c1O. The smallest absolute Gasteiger partial charge is 0.312 e. The number of aromatic nitrogens is 1. The zero-order chi connectivity index (χ0) is 17.1. The summed E-state index contributed by atoms with van der Waals surface area (Å²) in [4.78, 5) is 18.9. The monoisotopic (exact) mass is 361 g/mol. The van der Waals surface area contributed by atoms with Gasteiger partial charge in [-0.3, -0.25) is 15.1 Å². The summed E-state index contributed by atoms with van der Waals surface area (Å²) in [7, 11) is 0. The summed E-state index contributed by atoms with van der Waals surface area (Å²) in [5.74, 6) is -0.437. The number of rotatable bonds is 5. The van der Waals surface area contributed by atoms with Gasteiger partial charge in [0.25, 0.3) is 0 Å². The molecule has 3 aromatic rings. The number of nitrogens with zero attached hydrogens (tertiary/aromatic N) is 3. The van der Waals surface area contributed by atoms with Crippen LogP contribution in [-0.2, 0) is 6.42 Å². The zero-order valence-corrected chi connectivity index (χ0v) is 13.9. The van der Waals surface area contributed by atoms with Crippen molar-refractivity contribution < 1.29 is 10.0 Å². The lowest BCUT2D eigenvalue weighted by molar-refractivity contribution is -0.385. The highest BCUT2D eigenvalue weighted by Crippen LogP contribution is 2.32. The summed E-state index contributed by atoms with van der Waals surface area (Å²) in [6.07, 6.45) is 2.04. The van der Waals surface area contributed by atoms with E-state index in [1.54, 1.807) is 11.3 Å². The van der Waals surface area contributed by atoms with E-state index in [0.29, 0.717) is 13.0 Å². The van der Waals surface area contributed by atoms with Crippen LogP contribution >= 0.6 is 22.9 Å². The largest absolute Gasteiger partial charge is 0.502 e. The fourth-order valence-corrected chi connectivity index (χ4v) is 3.37. The van der Waals surface area contributed by atoms with Gasteiger partial charge in [-0.1, -0.05) is 23.7 Å². The molecule has 0 bridgehead atoms. The maximum absolute atomic E-state index is 10.9. The van der Waals surface area contributed by atoms with E-state index >= 15 is 0 Å². The third-order valence-electron chi connectivity index (χ3n) is 3.30. The van der Waals surface area contributed by atoms with E-state index in [1.165, 1.54) is 12.3 Å². The van der Waals surface area contributed by atoms with Crippen molar-refractivity contribution in [3.05, 3.63) is 62.1 Å². The highest BCUT2D eigenvalue weighted by Gasteiger charge is 2.17. The van der Waals surface area contributed by atoms with Crippen LogP contribution in [0.4, 0.5) is 5.69 Å². The number of thiazole rings is 1. The van der Waals surface area contributed by atoms with Crippen LogP contribution in [0.25, 0.3) is 10.2 Å². The first-order valence-electron chi connectivity index (χ1n) is 7.06. The van der Waals surface area contributed by atoms with Crippen molar-refractivity contribution in [3.8, 4) is 5.75 Å². The maximum atomic E-state index is 10.9. The van der Waals surface area contributed by atoms with Gasteiger partial charge in [0.15, 0.2) is 0 Å². The quantitative estimate of drug-likeness (QED) is 0.418. The molecule has 0 spiro atoms. The Balaban J connectivity index is 1.71. The third-order valence-corrected chi connectivity index (χ3v) is 4.62. The third kappa shape index (κ3) is 3.52. The van der Waals surface area contributed by atoms with Crippen LogP contribution in [0.1, 0.15) is 10.6 Å². The van der Waals surface area contributed by atoms with E-state index in [2.05, 4.69) is 9.98 Å². The van der Waals surface area contributed by atoms with Gasteiger partial charge in [-0.25, -0.2) is 4.98 Å². The molecule has 1 aromatic heterocycles. The topological polar surface area (TPSA) is 88.6 Å². The normalized spacial score (nSPS) is 11.4. The number of para-hydroxylation sites is 1. The van der Waals surface area contributed by atoms with Crippen molar-refractivity contribution in [2.75, 3.05) is 6.54 Å². The van der Waals surface area contributed by atoms with Gasteiger partial charge in [-0.2, -0.15) is 0 Å². The summed E-state index contributed by atoms with van der Waals surface area (Å²) < 4.78 is 1.12. The Kier molecular flexibility index (Phi) is 4.73. The van der Waals surface area contributed by atoms with Crippen molar-refractivity contribution in [2.24, 2.45) is 4.99 Å². The van der Waals surface area contributed by atoms with Crippen molar-refractivity contribution in [1.29, 1.82) is 0 Å². The van der Waals surface area contributed by atoms with Crippen LogP contribution in [0, 0.1) is 10.1 Å². The van der Waals surface area contributed by atoms with Gasteiger partial charge in [0.2, 0.25) is 5.75 Å². The minimum atomic E-state index is -0.681. The molecule has 0 radical (unpaired) electrons. The zero-order valence-electron chi connectivity index (χ0n) is 12.3. The fraction of sp³-hybridized carbons (Fsp3) is 0.125. The Bertz CT molecular complexity index is 906. The minimum absolute atomic E-state index is 0.173. The number of phenolic OH excluding ortho intramolecular Hbond substituents is 1. The first-order chi connectivity index (χ1) is 11.5. The van der Waals surface area contributed by atoms with Crippen LogP contribution in [0.15, 0.2) is 41.4 Å². The molecule has 8 heteroatoms. The minimum Gasteiger partial charge on any atom is -0.502 e. The van der Waals surface area contributed by atoms with Gasteiger partial charge in [0, 0.05) is 35.8 Å². The highest BCUT2D eigenvalue weighted by atomic mass is 35.5. The van der Waals surface area contributed by atoms with Crippen LogP contribution < -0.4 is 0 Å². The molecule has 0 atom stereocenters. The van der Waals surface area contributed by atoms with Crippen molar-refractivity contribution >= 4 is 45.1 Å². The molecule has 0 aliphatic carbocycles. The molecule has 0 amide bonds. The van der Waals surface area contributed by atoms with Crippen LogP contribution in [0.5, 0.6) is 5.75 Å². The van der Waals surface area contributed by atoms with Gasteiger partial charge < -0.3 is 5.11 Å². The van der Waals surface area contributed by atoms with E-state index in [0.717, 1.165) is 21.3 Å². The summed E-state index contributed by atoms with van der Waals surface area (Å²) in [5, 5.41) is 21.9. The Labute approximate surface area is 146 Å². The van der Waals surface area contributed by atoms with Crippen LogP contribution in [0.3, 0.4) is 0 Å². The number of aromatic hydroxyl groups is 1. The number of aliphatic imine (C=N–C) groups is 1. The summed E-state index contributed by atoms with van der Waals surface area (Å²) in [5.41, 5.74) is 0.748. The number of nitro groups is 1. The first-order valence-corrected chi connectivity index (χ1v) is 8.25. The Morgan fingerprint density at radius 1 is 1.38 bits per heavy atom. The standard InChI is InChI=1S/C16H12ClN3O3S/c17-11-7-10(16(21)13(8-11)20(22)23)9-18-6-5-15-19-12-3-1-2-4-14(12)24-15/h1-4,7-9,21H,5-6H2. The summed E-state index contributed by atoms with van der Waals surface area (Å²) in [6, 6.07) is 10.4. The number of fused-ring (bicyclic) bond motifs is 1. The molecule has 0 saturated heterocycles. The average molecular weight is 362 g/mol. The molecule has 24 heavy (non-hydrogen) atoms. The molecule has 0 aliphatic heterocycles. The van der Waals surface area contributed by atoms with E-state index in [-0.39, 0.29) is 10.6 Å². The lowest BCUT2D eigenvalue weighted by atomic mass is 10.2. The summed E-state index contributed by atoms with van der Waals surface area (Å²) >= 11 is 7.45. The van der Waals surface area contributed by atoms with Crippen LogP contribution in [-0.4, -0.2) is 27.8 Å². The number of phenols is 1. The summed E-state index contributed by atoms with van der Waals surface area (Å²) in [6.45, 7) is 0.458. The predicted octanol–water partition coefficient (Wildman–Crippen LogP) is 4.23. The molecular weight excluding hydrogens is 350 g/mol. The molecular formula is C16H12ClN3O3S. The van der Waals surface area contributed by atoms with Gasteiger partial charge in [0.05, 0.1) is 20.1 Å². The molecule has 0 unspecified atom stereocenters. The predicted molar refractivity (Wildman–Crippen MR) is 95.6 cm³/mol.